The van der Waals surface area contributed by atoms with Crippen molar-refractivity contribution in [2.75, 3.05) is 25.7 Å². The molecule has 1 aromatic heterocycles. The Morgan fingerprint density at radius 1 is 1.10 bits per heavy atom. The fraction of sp³-hybridized carbons (Fsp3) is 0.286. The number of nitrogens with zero attached hydrogens (tertiary/aromatic N) is 2. The number of ether oxygens (including phenoxy) is 2. The second kappa shape index (κ2) is 5.64. The molecule has 0 atom stereocenters. The zero-order valence-corrected chi connectivity index (χ0v) is 11.8. The maximum absolute atomic E-state index is 5.86. The average molecular weight is 274 g/mol. The highest BCUT2D eigenvalue weighted by molar-refractivity contribution is 5.53. The molecule has 0 aliphatic rings. The quantitative estimate of drug-likeness (QED) is 0.878. The first-order valence-electron chi connectivity index (χ1n) is 6.14. The van der Waals surface area contributed by atoms with Gasteiger partial charge in [-0.25, -0.2) is 4.98 Å². The molecule has 0 radical (unpaired) electrons. The van der Waals surface area contributed by atoms with Crippen LogP contribution in [0.15, 0.2) is 18.3 Å². The average Bonchev–Trinajstić information content (AvgIpc) is 2.43. The predicted octanol–water partition coefficient (Wildman–Crippen LogP) is 1.56. The summed E-state index contributed by atoms with van der Waals surface area (Å²) in [6, 6.07) is 3.85. The fourth-order valence-electron chi connectivity index (χ4n) is 2.09. The van der Waals surface area contributed by atoms with E-state index in [9.17, 15) is 0 Å². The van der Waals surface area contributed by atoms with E-state index < -0.39 is 0 Å². The molecule has 0 saturated heterocycles. The lowest BCUT2D eigenvalue weighted by Crippen LogP contribution is -2.05. The molecule has 1 aromatic carbocycles. The first kappa shape index (κ1) is 13.9. The van der Waals surface area contributed by atoms with Crippen molar-refractivity contribution in [3.8, 4) is 11.5 Å². The Hall–Kier alpha value is -2.50. The number of aromatic nitrogens is 2. The molecule has 0 saturated carbocycles. The lowest BCUT2D eigenvalue weighted by molar-refractivity contribution is 0.352. The van der Waals surface area contributed by atoms with Crippen molar-refractivity contribution in [3.63, 3.8) is 0 Å². The minimum Gasteiger partial charge on any atom is -0.493 e. The molecule has 6 heteroatoms. The van der Waals surface area contributed by atoms with Gasteiger partial charge in [0.25, 0.3) is 0 Å². The first-order valence-corrected chi connectivity index (χ1v) is 6.14. The molecule has 4 N–H and O–H groups in total. The monoisotopic (exact) mass is 274 g/mol. The zero-order chi connectivity index (χ0) is 14.7. The van der Waals surface area contributed by atoms with Crippen molar-refractivity contribution in [2.45, 2.75) is 13.3 Å². The Bertz CT molecular complexity index is 629. The maximum Gasteiger partial charge on any atom is 0.221 e. The van der Waals surface area contributed by atoms with Crippen LogP contribution in [-0.2, 0) is 6.42 Å². The van der Waals surface area contributed by atoms with Crippen LogP contribution in [0.5, 0.6) is 11.5 Å². The molecule has 0 amide bonds. The summed E-state index contributed by atoms with van der Waals surface area (Å²) in [6.07, 6.45) is 2.26. The lowest BCUT2D eigenvalue weighted by atomic mass is 10.0. The van der Waals surface area contributed by atoms with Gasteiger partial charge in [-0.15, -0.1) is 0 Å². The molecule has 0 fully saturated rings. The Labute approximate surface area is 117 Å². The smallest absolute Gasteiger partial charge is 0.221 e. The van der Waals surface area contributed by atoms with Crippen LogP contribution in [0.1, 0.15) is 16.7 Å². The normalized spacial score (nSPS) is 10.3. The fourth-order valence-corrected chi connectivity index (χ4v) is 2.09. The number of nitrogens with two attached hydrogens (primary N) is 2. The number of methoxy groups -OCH3 is 2. The van der Waals surface area contributed by atoms with Crippen molar-refractivity contribution in [3.05, 3.63) is 35.0 Å². The number of anilines is 2. The van der Waals surface area contributed by atoms with Crippen LogP contribution in [0.4, 0.5) is 11.8 Å². The Kier molecular flexibility index (Phi) is 3.93. The Balaban J connectivity index is 2.39. The van der Waals surface area contributed by atoms with Gasteiger partial charge in [0.1, 0.15) is 5.82 Å². The van der Waals surface area contributed by atoms with Crippen molar-refractivity contribution < 1.29 is 9.47 Å². The van der Waals surface area contributed by atoms with Crippen LogP contribution in [0, 0.1) is 6.92 Å². The van der Waals surface area contributed by atoms with Gasteiger partial charge in [0.15, 0.2) is 11.5 Å². The number of rotatable bonds is 4. The van der Waals surface area contributed by atoms with E-state index in [4.69, 9.17) is 20.9 Å². The molecule has 0 unspecified atom stereocenters. The third-order valence-corrected chi connectivity index (χ3v) is 3.20. The number of hydrogen-bond acceptors (Lipinski definition) is 6. The number of nitrogen functional groups attached to an aromatic ring is 2. The van der Waals surface area contributed by atoms with E-state index in [1.54, 1.807) is 20.4 Å². The molecule has 106 valence electrons. The Morgan fingerprint density at radius 3 is 2.45 bits per heavy atom. The molecule has 0 aliphatic carbocycles. The van der Waals surface area contributed by atoms with Crippen LogP contribution in [-0.4, -0.2) is 24.2 Å². The topological polar surface area (TPSA) is 96.3 Å². The van der Waals surface area contributed by atoms with Crippen LogP contribution < -0.4 is 20.9 Å². The molecule has 6 nitrogen and oxygen atoms in total. The summed E-state index contributed by atoms with van der Waals surface area (Å²) in [7, 11) is 3.23. The van der Waals surface area contributed by atoms with E-state index in [1.807, 2.05) is 19.1 Å². The molecule has 0 spiro atoms. The third kappa shape index (κ3) is 2.59. The number of hydrogen-bond donors (Lipinski definition) is 2. The largest absolute Gasteiger partial charge is 0.493 e. The molecular weight excluding hydrogens is 256 g/mol. The Morgan fingerprint density at radius 2 is 1.85 bits per heavy atom. The second-order valence-corrected chi connectivity index (χ2v) is 4.40. The van der Waals surface area contributed by atoms with E-state index in [0.29, 0.717) is 18.0 Å². The van der Waals surface area contributed by atoms with Gasteiger partial charge in [-0.2, -0.15) is 4.98 Å². The van der Waals surface area contributed by atoms with Crippen molar-refractivity contribution in [1.82, 2.24) is 9.97 Å². The van der Waals surface area contributed by atoms with E-state index in [1.165, 1.54) is 0 Å². The minimum atomic E-state index is 0.176. The van der Waals surface area contributed by atoms with Crippen LogP contribution in [0.2, 0.25) is 0 Å². The van der Waals surface area contributed by atoms with Gasteiger partial charge in [-0.3, -0.25) is 0 Å². The van der Waals surface area contributed by atoms with Gasteiger partial charge in [0, 0.05) is 18.2 Å². The predicted molar refractivity (Wildman–Crippen MR) is 77.9 cm³/mol. The van der Waals surface area contributed by atoms with Crippen LogP contribution in [0.25, 0.3) is 0 Å². The van der Waals surface area contributed by atoms with Crippen LogP contribution in [0.3, 0.4) is 0 Å². The standard InChI is InChI=1S/C14H18N4O2/c1-8-9(4-5-11(19-2)12(8)20-3)6-10-7-17-14(16)18-13(10)15/h4-5,7H,6H2,1-3H3,(H4,15,16,17,18). The van der Waals surface area contributed by atoms with E-state index in [2.05, 4.69) is 9.97 Å². The highest BCUT2D eigenvalue weighted by Crippen LogP contribution is 2.33. The SMILES string of the molecule is COc1ccc(Cc2cnc(N)nc2N)c(C)c1OC. The highest BCUT2D eigenvalue weighted by atomic mass is 16.5. The summed E-state index contributed by atoms with van der Waals surface area (Å²) in [5.74, 6) is 2.00. The molecule has 1 heterocycles. The molecule has 20 heavy (non-hydrogen) atoms. The van der Waals surface area contributed by atoms with E-state index in [0.717, 1.165) is 22.4 Å². The zero-order valence-electron chi connectivity index (χ0n) is 11.8. The summed E-state index contributed by atoms with van der Waals surface area (Å²) in [5.41, 5.74) is 14.3. The first-order chi connectivity index (χ1) is 9.56. The van der Waals surface area contributed by atoms with Gasteiger partial charge in [-0.1, -0.05) is 6.07 Å². The van der Waals surface area contributed by atoms with Gasteiger partial charge in [0.05, 0.1) is 14.2 Å². The minimum absolute atomic E-state index is 0.176. The summed E-state index contributed by atoms with van der Waals surface area (Å²) in [4.78, 5) is 7.94. The maximum atomic E-state index is 5.86. The summed E-state index contributed by atoms with van der Waals surface area (Å²) in [5, 5.41) is 0. The van der Waals surface area contributed by atoms with Gasteiger partial charge < -0.3 is 20.9 Å². The van der Waals surface area contributed by atoms with E-state index >= 15 is 0 Å². The molecule has 2 rings (SSSR count). The van der Waals surface area contributed by atoms with Crippen molar-refractivity contribution in [1.29, 1.82) is 0 Å². The van der Waals surface area contributed by atoms with Gasteiger partial charge in [-0.05, 0) is 24.1 Å². The summed E-state index contributed by atoms with van der Waals surface area (Å²) in [6.45, 7) is 1.98. The molecule has 0 bridgehead atoms. The molecular formula is C14H18N4O2. The third-order valence-electron chi connectivity index (χ3n) is 3.20. The van der Waals surface area contributed by atoms with Gasteiger partial charge in [0.2, 0.25) is 5.95 Å². The van der Waals surface area contributed by atoms with Crippen molar-refractivity contribution >= 4 is 11.8 Å². The second-order valence-electron chi connectivity index (χ2n) is 4.40. The van der Waals surface area contributed by atoms with Crippen molar-refractivity contribution in [2.24, 2.45) is 0 Å². The highest BCUT2D eigenvalue weighted by Gasteiger charge is 2.13. The molecule has 0 aliphatic heterocycles. The lowest BCUT2D eigenvalue weighted by Gasteiger charge is -2.14. The molecule has 2 aromatic rings. The van der Waals surface area contributed by atoms with E-state index in [-0.39, 0.29) is 5.95 Å². The van der Waals surface area contributed by atoms with Gasteiger partial charge >= 0.3 is 0 Å². The van der Waals surface area contributed by atoms with Crippen LogP contribution >= 0.6 is 0 Å². The summed E-state index contributed by atoms with van der Waals surface area (Å²) < 4.78 is 10.7. The summed E-state index contributed by atoms with van der Waals surface area (Å²) >= 11 is 0. The number of benzene rings is 1.